The van der Waals surface area contributed by atoms with Gasteiger partial charge >= 0.3 is 5.69 Å². The average Bonchev–Trinajstić information content (AvgIpc) is 3.01. The standard InChI is InChI=1S/C19H26N6O2/c1-2-25-17-12-15-14(11-16(17)23-19(25)26)18(22-13-21-15)20-5-3-4-6-24-7-9-27-10-8-24/h11-13H,2-10H2,1H3,(H,23,26)(H,20,21,22). The van der Waals surface area contributed by atoms with Gasteiger partial charge in [0.15, 0.2) is 0 Å². The van der Waals surface area contributed by atoms with Crippen molar-refractivity contribution < 1.29 is 4.74 Å². The Morgan fingerprint density at radius 1 is 1.22 bits per heavy atom. The number of imidazole rings is 1. The van der Waals surface area contributed by atoms with Crippen molar-refractivity contribution in [3.05, 3.63) is 28.9 Å². The second kappa shape index (κ2) is 8.06. The van der Waals surface area contributed by atoms with Crippen molar-refractivity contribution in [2.24, 2.45) is 0 Å². The molecule has 0 amide bonds. The number of nitrogens with zero attached hydrogens (tertiary/aromatic N) is 4. The Morgan fingerprint density at radius 3 is 2.89 bits per heavy atom. The number of benzene rings is 1. The highest BCUT2D eigenvalue weighted by Gasteiger charge is 2.11. The van der Waals surface area contributed by atoms with Crippen LogP contribution in [0.1, 0.15) is 19.8 Å². The van der Waals surface area contributed by atoms with E-state index in [1.807, 2.05) is 19.1 Å². The van der Waals surface area contributed by atoms with Crippen LogP contribution in [0.25, 0.3) is 21.9 Å². The topological polar surface area (TPSA) is 88.1 Å². The first-order valence-corrected chi connectivity index (χ1v) is 9.67. The van der Waals surface area contributed by atoms with Crippen LogP contribution in [0.15, 0.2) is 23.3 Å². The van der Waals surface area contributed by atoms with E-state index in [9.17, 15) is 4.79 Å². The summed E-state index contributed by atoms with van der Waals surface area (Å²) in [5, 5.41) is 4.37. The van der Waals surface area contributed by atoms with Gasteiger partial charge in [0.25, 0.3) is 0 Å². The molecule has 0 radical (unpaired) electrons. The quantitative estimate of drug-likeness (QED) is 0.617. The fraction of sp³-hybridized carbons (Fsp3) is 0.526. The summed E-state index contributed by atoms with van der Waals surface area (Å²) in [7, 11) is 0. The monoisotopic (exact) mass is 370 g/mol. The number of fused-ring (bicyclic) bond motifs is 2. The highest BCUT2D eigenvalue weighted by Crippen LogP contribution is 2.24. The highest BCUT2D eigenvalue weighted by atomic mass is 16.5. The maximum Gasteiger partial charge on any atom is 0.326 e. The predicted octanol–water partition coefficient (Wildman–Crippen LogP) is 1.82. The zero-order valence-electron chi connectivity index (χ0n) is 15.7. The van der Waals surface area contributed by atoms with Gasteiger partial charge in [-0.05, 0) is 38.4 Å². The second-order valence-corrected chi connectivity index (χ2v) is 6.87. The molecule has 4 rings (SSSR count). The van der Waals surface area contributed by atoms with Crippen LogP contribution in [0.2, 0.25) is 0 Å². The van der Waals surface area contributed by atoms with Crippen LogP contribution in [-0.2, 0) is 11.3 Å². The van der Waals surface area contributed by atoms with Crippen LogP contribution in [0.4, 0.5) is 5.82 Å². The van der Waals surface area contributed by atoms with Crippen LogP contribution in [0, 0.1) is 0 Å². The minimum Gasteiger partial charge on any atom is -0.379 e. The number of rotatable bonds is 7. The van der Waals surface area contributed by atoms with Gasteiger partial charge in [-0.1, -0.05) is 0 Å². The van der Waals surface area contributed by atoms with Gasteiger partial charge in [0.1, 0.15) is 12.1 Å². The molecular formula is C19H26N6O2. The number of hydrogen-bond acceptors (Lipinski definition) is 6. The Bertz CT molecular complexity index is 973. The first kappa shape index (κ1) is 17.9. The summed E-state index contributed by atoms with van der Waals surface area (Å²) in [6.07, 6.45) is 3.80. The number of anilines is 1. The van der Waals surface area contributed by atoms with Gasteiger partial charge in [0, 0.05) is 31.6 Å². The summed E-state index contributed by atoms with van der Waals surface area (Å²) in [5.41, 5.74) is 2.45. The fourth-order valence-electron chi connectivity index (χ4n) is 3.65. The largest absolute Gasteiger partial charge is 0.379 e. The number of hydrogen-bond donors (Lipinski definition) is 2. The number of unbranched alkanes of at least 4 members (excludes halogenated alkanes) is 1. The molecule has 0 atom stereocenters. The lowest BCUT2D eigenvalue weighted by molar-refractivity contribution is 0.0373. The van der Waals surface area contributed by atoms with E-state index >= 15 is 0 Å². The maximum absolute atomic E-state index is 12.1. The molecule has 8 heteroatoms. The number of aromatic amines is 1. The number of nitrogens with one attached hydrogen (secondary N) is 2. The molecule has 1 aliphatic rings. The molecule has 1 saturated heterocycles. The highest BCUT2D eigenvalue weighted by molar-refractivity contribution is 5.98. The van der Waals surface area contributed by atoms with Gasteiger partial charge in [0.2, 0.25) is 0 Å². The Kier molecular flexibility index (Phi) is 5.35. The zero-order valence-corrected chi connectivity index (χ0v) is 15.7. The zero-order chi connectivity index (χ0) is 18.6. The summed E-state index contributed by atoms with van der Waals surface area (Å²) in [5.74, 6) is 0.818. The van der Waals surface area contributed by atoms with Gasteiger partial charge in [-0.3, -0.25) is 9.47 Å². The minimum atomic E-state index is -0.0895. The third-order valence-electron chi connectivity index (χ3n) is 5.14. The molecular weight excluding hydrogens is 344 g/mol. The molecule has 1 fully saturated rings. The normalized spacial score (nSPS) is 15.6. The van der Waals surface area contributed by atoms with Crippen LogP contribution in [0.3, 0.4) is 0 Å². The van der Waals surface area contributed by atoms with E-state index in [1.165, 1.54) is 0 Å². The molecule has 8 nitrogen and oxygen atoms in total. The molecule has 27 heavy (non-hydrogen) atoms. The van der Waals surface area contributed by atoms with E-state index in [4.69, 9.17) is 4.74 Å². The van der Waals surface area contributed by atoms with E-state index in [0.29, 0.717) is 6.54 Å². The molecule has 3 aromatic rings. The van der Waals surface area contributed by atoms with Crippen molar-refractivity contribution in [1.82, 2.24) is 24.4 Å². The SMILES string of the molecule is CCn1c(=O)[nH]c2cc3c(NCCCCN4CCOCC4)ncnc3cc21. The van der Waals surface area contributed by atoms with Gasteiger partial charge in [0.05, 0.1) is 29.8 Å². The summed E-state index contributed by atoms with van der Waals surface area (Å²) in [6.45, 7) is 8.34. The Labute approximate surface area is 157 Å². The number of H-pyrrole nitrogens is 1. The van der Waals surface area contributed by atoms with Crippen molar-refractivity contribution in [2.45, 2.75) is 26.3 Å². The molecule has 0 bridgehead atoms. The smallest absolute Gasteiger partial charge is 0.326 e. The Balaban J connectivity index is 1.44. The van der Waals surface area contributed by atoms with Crippen molar-refractivity contribution in [2.75, 3.05) is 44.7 Å². The first-order chi connectivity index (χ1) is 13.3. The van der Waals surface area contributed by atoms with Crippen molar-refractivity contribution >= 4 is 27.8 Å². The summed E-state index contributed by atoms with van der Waals surface area (Å²) >= 11 is 0. The second-order valence-electron chi connectivity index (χ2n) is 6.87. The maximum atomic E-state index is 12.1. The lowest BCUT2D eigenvalue weighted by atomic mass is 10.2. The van der Waals surface area contributed by atoms with E-state index in [-0.39, 0.29) is 5.69 Å². The van der Waals surface area contributed by atoms with Crippen molar-refractivity contribution in [3.63, 3.8) is 0 Å². The Morgan fingerprint density at radius 2 is 2.07 bits per heavy atom. The molecule has 0 unspecified atom stereocenters. The van der Waals surface area contributed by atoms with Crippen LogP contribution >= 0.6 is 0 Å². The molecule has 2 N–H and O–H groups in total. The van der Waals surface area contributed by atoms with Gasteiger partial charge in [-0.25, -0.2) is 14.8 Å². The predicted molar refractivity (Wildman–Crippen MR) is 106 cm³/mol. The number of ether oxygens (including phenoxy) is 1. The number of aromatic nitrogens is 4. The molecule has 0 spiro atoms. The van der Waals surface area contributed by atoms with Crippen LogP contribution < -0.4 is 11.0 Å². The summed E-state index contributed by atoms with van der Waals surface area (Å²) in [4.78, 5) is 26.2. The van der Waals surface area contributed by atoms with Crippen molar-refractivity contribution in [1.29, 1.82) is 0 Å². The molecule has 1 aliphatic heterocycles. The van der Waals surface area contributed by atoms with Crippen LogP contribution in [-0.4, -0.2) is 63.8 Å². The molecule has 0 saturated carbocycles. The lowest BCUT2D eigenvalue weighted by Crippen LogP contribution is -2.36. The fourth-order valence-corrected chi connectivity index (χ4v) is 3.65. The van der Waals surface area contributed by atoms with E-state index < -0.39 is 0 Å². The van der Waals surface area contributed by atoms with E-state index in [2.05, 4.69) is 25.2 Å². The first-order valence-electron chi connectivity index (χ1n) is 9.67. The Hall–Kier alpha value is -2.45. The lowest BCUT2D eigenvalue weighted by Gasteiger charge is -2.26. The van der Waals surface area contributed by atoms with Gasteiger partial charge in [-0.2, -0.15) is 0 Å². The molecule has 0 aliphatic carbocycles. The third kappa shape index (κ3) is 3.81. The van der Waals surface area contributed by atoms with E-state index in [1.54, 1.807) is 10.9 Å². The molecule has 2 aromatic heterocycles. The molecule has 144 valence electrons. The van der Waals surface area contributed by atoms with Crippen LogP contribution in [0.5, 0.6) is 0 Å². The average molecular weight is 370 g/mol. The number of aryl methyl sites for hydroxylation is 1. The molecule has 3 heterocycles. The third-order valence-corrected chi connectivity index (χ3v) is 5.14. The molecule has 1 aromatic carbocycles. The summed E-state index contributed by atoms with van der Waals surface area (Å²) < 4.78 is 7.10. The summed E-state index contributed by atoms with van der Waals surface area (Å²) in [6, 6.07) is 3.92. The van der Waals surface area contributed by atoms with E-state index in [0.717, 1.165) is 80.0 Å². The number of morpholine rings is 1. The van der Waals surface area contributed by atoms with Gasteiger partial charge in [-0.15, -0.1) is 0 Å². The van der Waals surface area contributed by atoms with Crippen molar-refractivity contribution in [3.8, 4) is 0 Å². The van der Waals surface area contributed by atoms with Gasteiger partial charge < -0.3 is 15.0 Å². The minimum absolute atomic E-state index is 0.0895.